The van der Waals surface area contributed by atoms with Gasteiger partial charge >= 0.3 is 0 Å². The fraction of sp³-hybridized carbons (Fsp3) is 0.667. The van der Waals surface area contributed by atoms with Gasteiger partial charge in [0.1, 0.15) is 5.82 Å². The summed E-state index contributed by atoms with van der Waals surface area (Å²) in [5, 5.41) is 6.56. The maximum atomic E-state index is 12.8. The predicted octanol–water partition coefficient (Wildman–Crippen LogP) is 3.33. The van der Waals surface area contributed by atoms with Crippen LogP contribution in [0.25, 0.3) is 0 Å². The fourth-order valence-corrected chi connectivity index (χ4v) is 4.98. The number of halogens is 2. The molecular formula is C21H32Cl2N4O2. The first-order valence-electron chi connectivity index (χ1n) is 10.3. The van der Waals surface area contributed by atoms with Crippen LogP contribution in [0.5, 0.6) is 0 Å². The van der Waals surface area contributed by atoms with Crippen molar-refractivity contribution in [2.24, 2.45) is 11.8 Å². The minimum Gasteiger partial charge on any atom is -0.342 e. The molecule has 0 saturated carbocycles. The lowest BCUT2D eigenvalue weighted by Crippen LogP contribution is -2.45. The highest BCUT2D eigenvalue weighted by Crippen LogP contribution is 2.33. The van der Waals surface area contributed by atoms with E-state index in [1.807, 2.05) is 30.0 Å². The number of aryl methyl sites for hydroxylation is 1. The Hall–Kier alpha value is -1.37. The van der Waals surface area contributed by atoms with Gasteiger partial charge in [0.2, 0.25) is 11.8 Å². The molecule has 3 aliphatic rings. The highest BCUT2D eigenvalue weighted by molar-refractivity contribution is 5.92. The number of pyridine rings is 1. The third-order valence-electron chi connectivity index (χ3n) is 6.32. The van der Waals surface area contributed by atoms with Crippen molar-refractivity contribution >= 4 is 42.4 Å². The molecule has 6 nitrogen and oxygen atoms in total. The van der Waals surface area contributed by atoms with Crippen LogP contribution in [0.4, 0.5) is 5.82 Å². The van der Waals surface area contributed by atoms with Crippen LogP contribution >= 0.6 is 24.8 Å². The molecule has 3 aliphatic heterocycles. The Bertz CT molecular complexity index is 706. The molecule has 1 aromatic heterocycles. The zero-order valence-electron chi connectivity index (χ0n) is 16.9. The second-order valence-corrected chi connectivity index (χ2v) is 8.51. The Kier molecular flexibility index (Phi) is 8.73. The standard InChI is InChI=1S/C21H30N4O2.2ClH/c1-14-4-2-6-19(22-14)24-21(27)16-5-3-9-25(13-16)20(26)12-15-10-17-7-8-18(11-15)23-17;;/h2,4,6,15-18,23H,3,5,7-13H2,1H3,(H,22,24,27);2*1H. The van der Waals surface area contributed by atoms with Gasteiger partial charge in [0.05, 0.1) is 5.92 Å². The van der Waals surface area contributed by atoms with Crippen molar-refractivity contribution in [3.63, 3.8) is 0 Å². The second-order valence-electron chi connectivity index (χ2n) is 8.51. The van der Waals surface area contributed by atoms with E-state index in [0.29, 0.717) is 36.8 Å². The highest BCUT2D eigenvalue weighted by atomic mass is 35.5. The van der Waals surface area contributed by atoms with E-state index >= 15 is 0 Å². The molecule has 0 aliphatic carbocycles. The Balaban J connectivity index is 0.00000150. The molecule has 4 heterocycles. The van der Waals surface area contributed by atoms with E-state index < -0.39 is 0 Å². The first kappa shape index (κ1) is 23.9. The highest BCUT2D eigenvalue weighted by Gasteiger charge is 2.36. The van der Waals surface area contributed by atoms with Crippen molar-refractivity contribution in [3.05, 3.63) is 23.9 Å². The Labute approximate surface area is 185 Å². The number of anilines is 1. The average molecular weight is 443 g/mol. The maximum absolute atomic E-state index is 12.8. The number of likely N-dealkylation sites (tertiary alicyclic amines) is 1. The number of nitrogens with one attached hydrogen (secondary N) is 2. The molecule has 3 atom stereocenters. The van der Waals surface area contributed by atoms with Crippen LogP contribution in [0, 0.1) is 18.8 Å². The molecule has 0 spiro atoms. The summed E-state index contributed by atoms with van der Waals surface area (Å²) in [6.45, 7) is 3.22. The first-order valence-corrected chi connectivity index (χ1v) is 10.3. The minimum atomic E-state index is -0.144. The number of rotatable bonds is 4. The summed E-state index contributed by atoms with van der Waals surface area (Å²) < 4.78 is 0. The molecular weight excluding hydrogens is 411 g/mol. The lowest BCUT2D eigenvalue weighted by molar-refractivity contribution is -0.135. The van der Waals surface area contributed by atoms with Gasteiger partial charge in [0, 0.05) is 37.3 Å². The molecule has 1 aromatic rings. The molecule has 0 radical (unpaired) electrons. The van der Waals surface area contributed by atoms with Gasteiger partial charge in [0.25, 0.3) is 0 Å². The monoisotopic (exact) mass is 442 g/mol. The normalized spacial score (nSPS) is 28.1. The Morgan fingerprint density at radius 2 is 1.90 bits per heavy atom. The van der Waals surface area contributed by atoms with Gasteiger partial charge in [-0.2, -0.15) is 0 Å². The van der Waals surface area contributed by atoms with Crippen molar-refractivity contribution in [2.75, 3.05) is 18.4 Å². The topological polar surface area (TPSA) is 74.3 Å². The van der Waals surface area contributed by atoms with E-state index in [1.165, 1.54) is 12.8 Å². The number of piperidine rings is 2. The number of amides is 2. The van der Waals surface area contributed by atoms with Crippen LogP contribution in [-0.4, -0.2) is 46.9 Å². The van der Waals surface area contributed by atoms with Crippen molar-refractivity contribution in [1.29, 1.82) is 0 Å². The molecule has 0 aromatic carbocycles. The smallest absolute Gasteiger partial charge is 0.230 e. The largest absolute Gasteiger partial charge is 0.342 e. The lowest BCUT2D eigenvalue weighted by atomic mass is 9.88. The molecule has 3 fully saturated rings. The predicted molar refractivity (Wildman–Crippen MR) is 119 cm³/mol. The minimum absolute atomic E-state index is 0. The van der Waals surface area contributed by atoms with Crippen LogP contribution in [0.1, 0.15) is 50.6 Å². The summed E-state index contributed by atoms with van der Waals surface area (Å²) in [7, 11) is 0. The quantitative estimate of drug-likeness (QED) is 0.749. The van der Waals surface area contributed by atoms with Crippen molar-refractivity contribution in [1.82, 2.24) is 15.2 Å². The lowest BCUT2D eigenvalue weighted by Gasteiger charge is -2.34. The van der Waals surface area contributed by atoms with E-state index in [4.69, 9.17) is 0 Å². The Morgan fingerprint density at radius 1 is 1.17 bits per heavy atom. The van der Waals surface area contributed by atoms with E-state index in [1.54, 1.807) is 0 Å². The van der Waals surface area contributed by atoms with Gasteiger partial charge in [-0.3, -0.25) is 9.59 Å². The van der Waals surface area contributed by atoms with Crippen LogP contribution in [0.3, 0.4) is 0 Å². The zero-order chi connectivity index (χ0) is 18.8. The molecule has 3 saturated heterocycles. The number of fused-ring (bicyclic) bond motifs is 2. The van der Waals surface area contributed by atoms with Gasteiger partial charge in [-0.05, 0) is 63.5 Å². The number of hydrogen-bond donors (Lipinski definition) is 2. The molecule has 29 heavy (non-hydrogen) atoms. The van der Waals surface area contributed by atoms with Crippen LogP contribution in [-0.2, 0) is 9.59 Å². The van der Waals surface area contributed by atoms with Crippen LogP contribution in [0.2, 0.25) is 0 Å². The maximum Gasteiger partial charge on any atom is 0.230 e. The molecule has 4 rings (SSSR count). The van der Waals surface area contributed by atoms with E-state index in [0.717, 1.165) is 37.9 Å². The summed E-state index contributed by atoms with van der Waals surface area (Å²) in [5.74, 6) is 1.16. The number of nitrogens with zero attached hydrogens (tertiary/aromatic N) is 2. The van der Waals surface area contributed by atoms with Gasteiger partial charge < -0.3 is 15.5 Å². The van der Waals surface area contributed by atoms with Crippen molar-refractivity contribution < 1.29 is 9.59 Å². The number of hydrogen-bond acceptors (Lipinski definition) is 4. The summed E-state index contributed by atoms with van der Waals surface area (Å²) in [6, 6.07) is 6.83. The number of aromatic nitrogens is 1. The number of carbonyl (C=O) groups excluding carboxylic acids is 2. The third-order valence-corrected chi connectivity index (χ3v) is 6.32. The van der Waals surface area contributed by atoms with Gasteiger partial charge in [-0.25, -0.2) is 4.98 Å². The van der Waals surface area contributed by atoms with Crippen molar-refractivity contribution in [2.45, 2.75) is 64.0 Å². The molecule has 3 unspecified atom stereocenters. The summed E-state index contributed by atoms with van der Waals surface area (Å²) in [6.07, 6.45) is 7.13. The third kappa shape index (κ3) is 6.06. The molecule has 2 N–H and O–H groups in total. The number of carbonyl (C=O) groups is 2. The Morgan fingerprint density at radius 3 is 2.59 bits per heavy atom. The van der Waals surface area contributed by atoms with E-state index in [2.05, 4.69) is 15.6 Å². The summed E-state index contributed by atoms with van der Waals surface area (Å²) >= 11 is 0. The van der Waals surface area contributed by atoms with Gasteiger partial charge in [-0.1, -0.05) is 6.07 Å². The zero-order valence-corrected chi connectivity index (χ0v) is 18.6. The van der Waals surface area contributed by atoms with Gasteiger partial charge in [-0.15, -0.1) is 24.8 Å². The van der Waals surface area contributed by atoms with Crippen LogP contribution < -0.4 is 10.6 Å². The molecule has 2 amide bonds. The summed E-state index contributed by atoms with van der Waals surface area (Å²) in [5.41, 5.74) is 0.879. The first-order chi connectivity index (χ1) is 13.1. The summed E-state index contributed by atoms with van der Waals surface area (Å²) in [4.78, 5) is 31.7. The molecule has 162 valence electrons. The average Bonchev–Trinajstić information content (AvgIpc) is 3.00. The van der Waals surface area contributed by atoms with E-state index in [-0.39, 0.29) is 42.5 Å². The van der Waals surface area contributed by atoms with Gasteiger partial charge in [0.15, 0.2) is 0 Å². The second kappa shape index (κ2) is 10.6. The van der Waals surface area contributed by atoms with Crippen molar-refractivity contribution in [3.8, 4) is 0 Å². The molecule has 2 bridgehead atoms. The van der Waals surface area contributed by atoms with E-state index in [9.17, 15) is 9.59 Å². The fourth-order valence-electron chi connectivity index (χ4n) is 4.98. The molecule has 8 heteroatoms. The SMILES string of the molecule is Cc1cccc(NC(=O)C2CCCN(C(=O)CC3CC4CCC(C3)N4)C2)n1.Cl.Cl. The van der Waals surface area contributed by atoms with Crippen LogP contribution in [0.15, 0.2) is 18.2 Å².